The van der Waals surface area contributed by atoms with Gasteiger partial charge in [0, 0.05) is 25.8 Å². The highest BCUT2D eigenvalue weighted by Crippen LogP contribution is 2.25. The fourth-order valence-corrected chi connectivity index (χ4v) is 2.73. The van der Waals surface area contributed by atoms with Crippen LogP contribution >= 0.6 is 0 Å². The Balaban J connectivity index is 1.97. The van der Waals surface area contributed by atoms with E-state index < -0.39 is 0 Å². The number of anilines is 1. The van der Waals surface area contributed by atoms with Crippen LogP contribution in [-0.2, 0) is 7.05 Å². The number of rotatable bonds is 2. The van der Waals surface area contributed by atoms with Crippen LogP contribution in [0.25, 0.3) is 11.4 Å². The number of nitrogens with zero attached hydrogens (tertiary/aromatic N) is 5. The summed E-state index contributed by atoms with van der Waals surface area (Å²) < 4.78 is 1.88. The third kappa shape index (κ3) is 2.11. The molecule has 0 radical (unpaired) electrons. The molecule has 19 heavy (non-hydrogen) atoms. The fraction of sp³-hybridized carbons (Fsp3) is 0.615. The topological polar surface area (TPSA) is 62.6 Å². The van der Waals surface area contributed by atoms with Crippen LogP contribution in [0.2, 0.25) is 0 Å². The summed E-state index contributed by atoms with van der Waals surface area (Å²) in [7, 11) is 1.96. The molecule has 0 saturated carbocycles. The van der Waals surface area contributed by atoms with E-state index in [1.54, 1.807) is 0 Å². The Bertz CT molecular complexity index is 556. The van der Waals surface area contributed by atoms with Crippen LogP contribution in [0.4, 0.5) is 5.95 Å². The van der Waals surface area contributed by atoms with Gasteiger partial charge >= 0.3 is 0 Å². The van der Waals surface area contributed by atoms with Gasteiger partial charge < -0.3 is 4.90 Å². The highest BCUT2D eigenvalue weighted by Gasteiger charge is 2.20. The summed E-state index contributed by atoms with van der Waals surface area (Å²) in [6.07, 6.45) is 3.80. The number of aryl methyl sites for hydroxylation is 3. The zero-order valence-corrected chi connectivity index (χ0v) is 11.8. The quantitative estimate of drug-likeness (QED) is 0.894. The molecule has 3 heterocycles. The monoisotopic (exact) mass is 260 g/mol. The van der Waals surface area contributed by atoms with Gasteiger partial charge in [0.25, 0.3) is 0 Å². The minimum Gasteiger partial charge on any atom is -0.341 e. The lowest BCUT2D eigenvalue weighted by Gasteiger charge is -2.26. The molecule has 6 nitrogen and oxygen atoms in total. The van der Waals surface area contributed by atoms with Gasteiger partial charge in [0.1, 0.15) is 0 Å². The first kappa shape index (κ1) is 12.2. The van der Waals surface area contributed by atoms with Crippen molar-refractivity contribution in [3.05, 3.63) is 11.4 Å². The predicted molar refractivity (Wildman–Crippen MR) is 74.1 cm³/mol. The number of piperidine rings is 1. The zero-order valence-electron chi connectivity index (χ0n) is 11.8. The summed E-state index contributed by atoms with van der Waals surface area (Å²) in [6.45, 7) is 6.15. The average molecular weight is 260 g/mol. The second-order valence-electron chi connectivity index (χ2n) is 5.22. The van der Waals surface area contributed by atoms with Gasteiger partial charge in [0.2, 0.25) is 5.95 Å². The zero-order chi connectivity index (χ0) is 13.4. The van der Waals surface area contributed by atoms with Gasteiger partial charge in [0.05, 0.1) is 11.3 Å². The van der Waals surface area contributed by atoms with Crippen molar-refractivity contribution < 1.29 is 0 Å². The molecule has 1 saturated heterocycles. The minimum absolute atomic E-state index is 0.770. The van der Waals surface area contributed by atoms with Crippen molar-refractivity contribution in [2.45, 2.75) is 33.1 Å². The van der Waals surface area contributed by atoms with Crippen molar-refractivity contribution in [1.29, 1.82) is 0 Å². The highest BCUT2D eigenvalue weighted by atomic mass is 15.4. The molecule has 0 atom stereocenters. The Morgan fingerprint density at radius 1 is 1.11 bits per heavy atom. The summed E-state index contributed by atoms with van der Waals surface area (Å²) in [6, 6.07) is 0. The third-order valence-electron chi connectivity index (χ3n) is 3.73. The molecular weight excluding hydrogens is 240 g/mol. The number of nitrogens with one attached hydrogen (secondary N) is 1. The first-order valence-corrected chi connectivity index (χ1v) is 6.84. The summed E-state index contributed by atoms with van der Waals surface area (Å²) in [5.41, 5.74) is 3.00. The summed E-state index contributed by atoms with van der Waals surface area (Å²) in [5.74, 6) is 1.74. The van der Waals surface area contributed by atoms with Crippen molar-refractivity contribution in [3.63, 3.8) is 0 Å². The van der Waals surface area contributed by atoms with E-state index in [1.165, 1.54) is 19.3 Å². The molecule has 0 unspecified atom stereocenters. The lowest BCUT2D eigenvalue weighted by Crippen LogP contribution is -2.31. The Kier molecular flexibility index (Phi) is 3.00. The van der Waals surface area contributed by atoms with Crippen LogP contribution in [-0.4, -0.2) is 38.1 Å². The molecule has 0 spiro atoms. The van der Waals surface area contributed by atoms with Gasteiger partial charge in [-0.1, -0.05) is 0 Å². The van der Waals surface area contributed by atoms with Crippen molar-refractivity contribution in [2.24, 2.45) is 7.05 Å². The van der Waals surface area contributed by atoms with Gasteiger partial charge in [-0.05, 0) is 33.1 Å². The van der Waals surface area contributed by atoms with E-state index >= 15 is 0 Å². The first-order valence-electron chi connectivity index (χ1n) is 6.84. The molecule has 0 bridgehead atoms. The van der Waals surface area contributed by atoms with Gasteiger partial charge in [-0.3, -0.25) is 5.10 Å². The number of aromatic amines is 1. The van der Waals surface area contributed by atoms with Crippen LogP contribution in [0.5, 0.6) is 0 Å². The van der Waals surface area contributed by atoms with E-state index in [2.05, 4.69) is 20.2 Å². The third-order valence-corrected chi connectivity index (χ3v) is 3.73. The van der Waals surface area contributed by atoms with Crippen molar-refractivity contribution >= 4 is 5.95 Å². The molecule has 1 aliphatic heterocycles. The summed E-state index contributed by atoms with van der Waals surface area (Å²) in [5, 5.41) is 11.8. The van der Waals surface area contributed by atoms with E-state index in [4.69, 9.17) is 4.98 Å². The van der Waals surface area contributed by atoms with Crippen LogP contribution in [0.15, 0.2) is 0 Å². The van der Waals surface area contributed by atoms with Crippen molar-refractivity contribution in [1.82, 2.24) is 25.0 Å². The average Bonchev–Trinajstić information content (AvgIpc) is 2.94. The Labute approximate surface area is 112 Å². The molecule has 0 aromatic carbocycles. The molecule has 2 aromatic rings. The molecule has 3 rings (SSSR count). The largest absolute Gasteiger partial charge is 0.341 e. The van der Waals surface area contributed by atoms with Gasteiger partial charge in [-0.15, -0.1) is 5.10 Å². The maximum Gasteiger partial charge on any atom is 0.224 e. The summed E-state index contributed by atoms with van der Waals surface area (Å²) >= 11 is 0. The van der Waals surface area contributed by atoms with Gasteiger partial charge in [-0.2, -0.15) is 10.1 Å². The van der Waals surface area contributed by atoms with E-state index in [-0.39, 0.29) is 0 Å². The van der Waals surface area contributed by atoms with Gasteiger partial charge in [-0.25, -0.2) is 4.68 Å². The van der Waals surface area contributed by atoms with Crippen LogP contribution in [0, 0.1) is 13.8 Å². The van der Waals surface area contributed by atoms with Crippen LogP contribution in [0.1, 0.15) is 30.7 Å². The lowest BCUT2D eigenvalue weighted by molar-refractivity contribution is 0.557. The SMILES string of the molecule is Cc1n[nH]c(C)c1-c1nc(N2CCCCC2)n(C)n1. The van der Waals surface area contributed by atoms with Gasteiger partial charge in [0.15, 0.2) is 5.82 Å². The highest BCUT2D eigenvalue weighted by molar-refractivity contribution is 5.62. The molecule has 2 aromatic heterocycles. The number of hydrogen-bond acceptors (Lipinski definition) is 4. The minimum atomic E-state index is 0.770. The van der Waals surface area contributed by atoms with E-state index in [1.807, 2.05) is 25.6 Å². The molecule has 1 aliphatic rings. The number of aromatic nitrogens is 5. The second kappa shape index (κ2) is 4.68. The Hall–Kier alpha value is -1.85. The molecule has 102 valence electrons. The molecule has 1 N–H and O–H groups in total. The van der Waals surface area contributed by atoms with Crippen molar-refractivity contribution in [3.8, 4) is 11.4 Å². The normalized spacial score (nSPS) is 16.1. The maximum absolute atomic E-state index is 4.72. The first-order chi connectivity index (χ1) is 9.16. The van der Waals surface area contributed by atoms with Crippen molar-refractivity contribution in [2.75, 3.05) is 18.0 Å². The molecular formula is C13H20N6. The molecule has 0 aliphatic carbocycles. The fourth-order valence-electron chi connectivity index (χ4n) is 2.73. The Morgan fingerprint density at radius 3 is 2.47 bits per heavy atom. The number of H-pyrrole nitrogens is 1. The molecule has 1 fully saturated rings. The Morgan fingerprint density at radius 2 is 1.84 bits per heavy atom. The van der Waals surface area contributed by atoms with Crippen LogP contribution < -0.4 is 4.90 Å². The van der Waals surface area contributed by atoms with E-state index in [9.17, 15) is 0 Å². The van der Waals surface area contributed by atoms with E-state index in [0.29, 0.717) is 0 Å². The molecule has 6 heteroatoms. The molecule has 0 amide bonds. The number of hydrogen-bond donors (Lipinski definition) is 1. The predicted octanol–water partition coefficient (Wildman–Crippen LogP) is 1.81. The maximum atomic E-state index is 4.72. The lowest BCUT2D eigenvalue weighted by atomic mass is 10.1. The smallest absolute Gasteiger partial charge is 0.224 e. The van der Waals surface area contributed by atoms with Crippen LogP contribution in [0.3, 0.4) is 0 Å². The second-order valence-corrected chi connectivity index (χ2v) is 5.22. The standard InChI is InChI=1S/C13H20N6/c1-9-11(10(2)16-15-9)12-14-13(18(3)17-12)19-7-5-4-6-8-19/h4-8H2,1-3H3,(H,15,16). The summed E-state index contributed by atoms with van der Waals surface area (Å²) in [4.78, 5) is 7.04. The van der Waals surface area contributed by atoms with E-state index in [0.717, 1.165) is 41.8 Å².